The van der Waals surface area contributed by atoms with Gasteiger partial charge in [0.05, 0.1) is 29.8 Å². The lowest BCUT2D eigenvalue weighted by atomic mass is 9.84. The smallest absolute Gasteiger partial charge is 0.291 e. The molecular formula is C28H22N2O5. The second kappa shape index (κ2) is 7.65. The summed E-state index contributed by atoms with van der Waals surface area (Å²) in [6, 6.07) is 21.9. The maximum absolute atomic E-state index is 14.4. The van der Waals surface area contributed by atoms with E-state index in [0.717, 1.165) is 11.1 Å². The summed E-state index contributed by atoms with van der Waals surface area (Å²) < 4.78 is 5.99. The molecule has 1 aromatic heterocycles. The lowest BCUT2D eigenvalue weighted by Crippen LogP contribution is -2.54. The van der Waals surface area contributed by atoms with Gasteiger partial charge in [-0.3, -0.25) is 14.4 Å². The van der Waals surface area contributed by atoms with Crippen LogP contribution in [-0.2, 0) is 16.9 Å². The standard InChI is InChI=1S/C28H22N2O5/c1-17-11-12-22-19(15-17)24(32)23-25(35-22)26(33)30(13-14-31)28(23)20-9-5-6-10-21(20)29(27(28)34)16-18-7-3-2-4-8-18/h2-12,15,31H,13-14,16H2,1H3. The van der Waals surface area contributed by atoms with E-state index in [1.807, 2.05) is 49.4 Å². The average Bonchev–Trinajstić information content (AvgIpc) is 3.26. The minimum atomic E-state index is -1.71. The van der Waals surface area contributed by atoms with Gasteiger partial charge >= 0.3 is 0 Å². The minimum absolute atomic E-state index is 0.0158. The number of nitrogens with zero attached hydrogens (tertiary/aromatic N) is 2. The number of amides is 2. The van der Waals surface area contributed by atoms with Gasteiger partial charge in [-0.15, -0.1) is 0 Å². The third-order valence-corrected chi connectivity index (χ3v) is 6.90. The van der Waals surface area contributed by atoms with Crippen molar-refractivity contribution in [2.45, 2.75) is 19.0 Å². The normalized spacial score (nSPS) is 18.6. The quantitative estimate of drug-likeness (QED) is 0.498. The summed E-state index contributed by atoms with van der Waals surface area (Å²) in [4.78, 5) is 44.9. The molecule has 1 spiro atoms. The molecule has 3 heterocycles. The van der Waals surface area contributed by atoms with E-state index in [-0.39, 0.29) is 36.6 Å². The van der Waals surface area contributed by atoms with Gasteiger partial charge in [0.2, 0.25) is 5.76 Å². The van der Waals surface area contributed by atoms with Crippen molar-refractivity contribution in [3.8, 4) is 0 Å². The number of carbonyl (C=O) groups excluding carboxylic acids is 2. The first-order valence-corrected chi connectivity index (χ1v) is 11.4. The number of aliphatic hydroxyl groups is 1. The van der Waals surface area contributed by atoms with Crippen LogP contribution in [0.1, 0.15) is 32.8 Å². The van der Waals surface area contributed by atoms with Crippen LogP contribution in [0, 0.1) is 6.92 Å². The third-order valence-electron chi connectivity index (χ3n) is 6.90. The van der Waals surface area contributed by atoms with Gasteiger partial charge in [-0.05, 0) is 30.7 Å². The number of hydrogen-bond acceptors (Lipinski definition) is 5. The van der Waals surface area contributed by atoms with Gasteiger partial charge in [-0.1, -0.05) is 60.2 Å². The van der Waals surface area contributed by atoms with Crippen molar-refractivity contribution < 1.29 is 19.1 Å². The van der Waals surface area contributed by atoms with E-state index < -0.39 is 22.8 Å². The Morgan fingerprint density at radius 1 is 0.943 bits per heavy atom. The number of anilines is 1. The van der Waals surface area contributed by atoms with E-state index in [1.165, 1.54) is 4.90 Å². The van der Waals surface area contributed by atoms with Crippen LogP contribution in [0.2, 0.25) is 0 Å². The summed E-state index contributed by atoms with van der Waals surface area (Å²) in [6.07, 6.45) is 0. The highest BCUT2D eigenvalue weighted by atomic mass is 16.3. The molecule has 1 unspecified atom stereocenters. The number of para-hydroxylation sites is 1. The topological polar surface area (TPSA) is 91.1 Å². The van der Waals surface area contributed by atoms with Crippen LogP contribution in [0.15, 0.2) is 82.0 Å². The summed E-state index contributed by atoms with van der Waals surface area (Å²) in [7, 11) is 0. The number of aryl methyl sites for hydroxylation is 1. The number of hydrogen-bond donors (Lipinski definition) is 1. The number of fused-ring (bicyclic) bond motifs is 5. The first-order chi connectivity index (χ1) is 17.0. The van der Waals surface area contributed by atoms with Crippen molar-refractivity contribution in [2.24, 2.45) is 0 Å². The van der Waals surface area contributed by atoms with Crippen molar-refractivity contribution in [1.29, 1.82) is 0 Å². The molecule has 2 amide bonds. The van der Waals surface area contributed by atoms with E-state index in [9.17, 15) is 19.5 Å². The largest absolute Gasteiger partial charge is 0.450 e. The van der Waals surface area contributed by atoms with Crippen LogP contribution in [0.3, 0.4) is 0 Å². The molecule has 7 heteroatoms. The lowest BCUT2D eigenvalue weighted by molar-refractivity contribution is -0.126. The van der Waals surface area contributed by atoms with Crippen LogP contribution in [0.4, 0.5) is 5.69 Å². The number of benzene rings is 3. The molecule has 2 aliphatic heterocycles. The van der Waals surface area contributed by atoms with Crippen LogP contribution < -0.4 is 10.3 Å². The number of rotatable bonds is 4. The maximum atomic E-state index is 14.4. The monoisotopic (exact) mass is 466 g/mol. The van der Waals surface area contributed by atoms with Gasteiger partial charge < -0.3 is 19.3 Å². The van der Waals surface area contributed by atoms with Crippen molar-refractivity contribution in [1.82, 2.24) is 4.90 Å². The Kier molecular flexibility index (Phi) is 4.66. The van der Waals surface area contributed by atoms with Gasteiger partial charge in [0, 0.05) is 12.1 Å². The van der Waals surface area contributed by atoms with Crippen molar-refractivity contribution >= 4 is 28.5 Å². The molecule has 4 aromatic rings. The molecule has 2 aliphatic rings. The Bertz CT molecular complexity index is 1580. The van der Waals surface area contributed by atoms with Crippen LogP contribution in [0.25, 0.3) is 11.0 Å². The van der Waals surface area contributed by atoms with Gasteiger partial charge in [0.25, 0.3) is 11.8 Å². The first-order valence-electron chi connectivity index (χ1n) is 11.4. The van der Waals surface area contributed by atoms with Crippen LogP contribution in [0.5, 0.6) is 0 Å². The molecule has 0 fully saturated rings. The molecule has 3 aromatic carbocycles. The number of carbonyl (C=O) groups is 2. The van der Waals surface area contributed by atoms with E-state index in [1.54, 1.807) is 35.2 Å². The van der Waals surface area contributed by atoms with Crippen molar-refractivity contribution in [2.75, 3.05) is 18.1 Å². The Labute approximate surface area is 200 Å². The summed E-state index contributed by atoms with van der Waals surface area (Å²) in [5.74, 6) is -1.15. The third kappa shape index (κ3) is 2.79. The molecule has 0 saturated heterocycles. The first kappa shape index (κ1) is 21.3. The minimum Gasteiger partial charge on any atom is -0.450 e. The summed E-state index contributed by atoms with van der Waals surface area (Å²) in [6.45, 7) is 1.63. The predicted molar refractivity (Wildman–Crippen MR) is 130 cm³/mol. The van der Waals surface area contributed by atoms with Crippen molar-refractivity contribution in [3.63, 3.8) is 0 Å². The predicted octanol–water partition coefficient (Wildman–Crippen LogP) is 3.34. The Balaban J connectivity index is 1.67. The molecule has 0 bridgehead atoms. The van der Waals surface area contributed by atoms with Gasteiger partial charge in [0.15, 0.2) is 11.0 Å². The Hall–Kier alpha value is -4.23. The molecule has 1 atom stereocenters. The molecule has 7 nitrogen and oxygen atoms in total. The van der Waals surface area contributed by atoms with Gasteiger partial charge in [0.1, 0.15) is 5.58 Å². The second-order valence-electron chi connectivity index (χ2n) is 8.92. The number of β-amino-alcohol motifs (C(OH)–C–C–N with tert-alkyl or cyclic N) is 1. The van der Waals surface area contributed by atoms with E-state index in [2.05, 4.69) is 0 Å². The fourth-order valence-corrected chi connectivity index (χ4v) is 5.43. The molecule has 0 radical (unpaired) electrons. The van der Waals surface area contributed by atoms with Crippen molar-refractivity contribution in [3.05, 3.63) is 111 Å². The Morgan fingerprint density at radius 3 is 2.46 bits per heavy atom. The molecule has 0 aliphatic carbocycles. The molecule has 6 rings (SSSR count). The number of aliphatic hydroxyl groups excluding tert-OH is 1. The molecule has 35 heavy (non-hydrogen) atoms. The average molecular weight is 466 g/mol. The zero-order valence-electron chi connectivity index (χ0n) is 19.0. The molecule has 1 N–H and O–H groups in total. The summed E-state index contributed by atoms with van der Waals surface area (Å²) in [5, 5.41) is 10.2. The summed E-state index contributed by atoms with van der Waals surface area (Å²) >= 11 is 0. The SMILES string of the molecule is Cc1ccc2oc3c(c(=O)c2c1)C1(C(=O)N(Cc2ccccc2)c2ccccc21)N(CCO)C3=O. The van der Waals surface area contributed by atoms with E-state index in [4.69, 9.17) is 4.42 Å². The lowest BCUT2D eigenvalue weighted by Gasteiger charge is -2.33. The molecule has 0 saturated carbocycles. The zero-order valence-corrected chi connectivity index (χ0v) is 19.0. The fraction of sp³-hybridized carbons (Fsp3) is 0.179. The van der Waals surface area contributed by atoms with E-state index in [0.29, 0.717) is 16.6 Å². The highest BCUT2D eigenvalue weighted by Gasteiger charge is 2.64. The highest BCUT2D eigenvalue weighted by Crippen LogP contribution is 2.52. The Morgan fingerprint density at radius 2 is 1.69 bits per heavy atom. The van der Waals surface area contributed by atoms with E-state index >= 15 is 0 Å². The van der Waals surface area contributed by atoms with Crippen LogP contribution in [-0.4, -0.2) is 35.0 Å². The maximum Gasteiger partial charge on any atom is 0.291 e. The van der Waals surface area contributed by atoms with Gasteiger partial charge in [-0.2, -0.15) is 0 Å². The molecule has 174 valence electrons. The summed E-state index contributed by atoms with van der Waals surface area (Å²) in [5.41, 5.74) is 1.10. The highest BCUT2D eigenvalue weighted by molar-refractivity contribution is 6.17. The van der Waals surface area contributed by atoms with Gasteiger partial charge in [-0.25, -0.2) is 0 Å². The fourth-order valence-electron chi connectivity index (χ4n) is 5.43. The van der Waals surface area contributed by atoms with Crippen LogP contribution >= 0.6 is 0 Å². The second-order valence-corrected chi connectivity index (χ2v) is 8.92. The molecular weight excluding hydrogens is 444 g/mol. The zero-order chi connectivity index (χ0) is 24.3.